The van der Waals surface area contributed by atoms with Crippen molar-refractivity contribution < 1.29 is 5.11 Å². The maximum atomic E-state index is 10.2. The van der Waals surface area contributed by atoms with Crippen molar-refractivity contribution in [2.75, 3.05) is 0 Å². The van der Waals surface area contributed by atoms with E-state index in [0.29, 0.717) is 5.92 Å². The number of aromatic nitrogens is 4. The van der Waals surface area contributed by atoms with E-state index in [0.717, 1.165) is 28.5 Å². The molecular weight excluding hydrogens is 502 g/mol. The molecule has 0 bridgehead atoms. The molecule has 5 nitrogen and oxygen atoms in total. The van der Waals surface area contributed by atoms with E-state index in [1.54, 1.807) is 0 Å². The molecule has 0 spiro atoms. The van der Waals surface area contributed by atoms with Crippen molar-refractivity contribution in [3.8, 4) is 16.3 Å². The van der Waals surface area contributed by atoms with Crippen LogP contribution in [0.25, 0.3) is 15.5 Å². The molecule has 1 aliphatic carbocycles. The largest absolute Gasteiger partial charge is 0.506 e. The molecule has 20 heavy (non-hydrogen) atoms. The van der Waals surface area contributed by atoms with Gasteiger partial charge in [-0.25, -0.2) is 0 Å². The molecule has 4 rings (SSSR count). The van der Waals surface area contributed by atoms with Gasteiger partial charge in [0.05, 0.1) is 9.13 Å². The summed E-state index contributed by atoms with van der Waals surface area (Å²) in [5.41, 5.74) is 0.763. The zero-order chi connectivity index (χ0) is 13.9. The molecule has 0 aliphatic heterocycles. The molecular formula is C12H8I2N4OS. The summed E-state index contributed by atoms with van der Waals surface area (Å²) in [6, 6.07) is 3.89. The van der Waals surface area contributed by atoms with Crippen LogP contribution >= 0.6 is 56.5 Å². The van der Waals surface area contributed by atoms with Crippen molar-refractivity contribution in [3.05, 3.63) is 25.1 Å². The molecule has 1 aliphatic rings. The monoisotopic (exact) mass is 510 g/mol. The fraction of sp³-hybridized carbons (Fsp3) is 0.250. The first-order valence-electron chi connectivity index (χ1n) is 6.04. The molecule has 1 aromatic carbocycles. The van der Waals surface area contributed by atoms with Gasteiger partial charge in [0.15, 0.2) is 10.8 Å². The minimum absolute atomic E-state index is 0.281. The number of hydrogen-bond acceptors (Lipinski definition) is 5. The molecule has 0 saturated heterocycles. The van der Waals surface area contributed by atoms with Gasteiger partial charge in [0.2, 0.25) is 4.96 Å². The summed E-state index contributed by atoms with van der Waals surface area (Å²) < 4.78 is 3.73. The van der Waals surface area contributed by atoms with E-state index in [9.17, 15) is 5.11 Å². The number of nitrogens with zero attached hydrogens (tertiary/aromatic N) is 4. The van der Waals surface area contributed by atoms with E-state index in [2.05, 4.69) is 60.5 Å². The van der Waals surface area contributed by atoms with Crippen LogP contribution in [-0.2, 0) is 0 Å². The normalized spacial score (nSPS) is 15.1. The summed E-state index contributed by atoms with van der Waals surface area (Å²) in [5.74, 6) is 1.73. The van der Waals surface area contributed by atoms with Gasteiger partial charge in [0, 0.05) is 9.49 Å². The first-order valence-corrected chi connectivity index (χ1v) is 9.01. The lowest BCUT2D eigenvalue weighted by atomic mass is 10.2. The van der Waals surface area contributed by atoms with E-state index in [4.69, 9.17) is 0 Å². The molecule has 0 unspecified atom stereocenters. The minimum atomic E-state index is 0.281. The smallest absolute Gasteiger partial charge is 0.234 e. The predicted octanol–water partition coefficient (Wildman–Crippen LogP) is 3.65. The van der Waals surface area contributed by atoms with Crippen molar-refractivity contribution in [2.24, 2.45) is 0 Å². The SMILES string of the molecule is Oc1c(I)cc(I)cc1-c1nn2c(C3CC3)nnc2s1. The highest BCUT2D eigenvalue weighted by Gasteiger charge is 2.30. The summed E-state index contributed by atoms with van der Waals surface area (Å²) in [5, 5.41) is 24.0. The zero-order valence-corrected chi connectivity index (χ0v) is 15.2. The van der Waals surface area contributed by atoms with Crippen LogP contribution in [0.4, 0.5) is 0 Å². The first kappa shape index (κ1) is 13.2. The van der Waals surface area contributed by atoms with Gasteiger partial charge in [0.25, 0.3) is 0 Å². The molecule has 3 aromatic rings. The summed E-state index contributed by atoms with van der Waals surface area (Å²) >= 11 is 5.84. The molecule has 0 atom stereocenters. The fourth-order valence-corrected chi connectivity index (χ4v) is 4.77. The molecule has 2 aromatic heterocycles. The number of rotatable bonds is 2. The molecule has 0 radical (unpaired) electrons. The van der Waals surface area contributed by atoms with Gasteiger partial charge >= 0.3 is 0 Å². The molecule has 8 heteroatoms. The summed E-state index contributed by atoms with van der Waals surface area (Å²) in [6.45, 7) is 0. The number of phenols is 1. The number of halogens is 2. The summed E-state index contributed by atoms with van der Waals surface area (Å²) in [7, 11) is 0. The maximum absolute atomic E-state index is 10.2. The second kappa shape index (κ2) is 4.77. The number of benzene rings is 1. The van der Waals surface area contributed by atoms with Gasteiger partial charge < -0.3 is 5.11 Å². The second-order valence-corrected chi connectivity index (χ2v) is 8.08. The second-order valence-electron chi connectivity index (χ2n) is 4.72. The highest BCUT2D eigenvalue weighted by Crippen LogP contribution is 2.41. The quantitative estimate of drug-likeness (QED) is 0.536. The van der Waals surface area contributed by atoms with Crippen LogP contribution in [0.3, 0.4) is 0 Å². The Labute approximate surface area is 145 Å². The van der Waals surface area contributed by atoms with Crippen molar-refractivity contribution >= 4 is 61.5 Å². The Bertz CT molecular complexity index is 824. The van der Waals surface area contributed by atoms with Crippen molar-refractivity contribution in [1.29, 1.82) is 0 Å². The van der Waals surface area contributed by atoms with Crippen LogP contribution in [-0.4, -0.2) is 24.9 Å². The number of aromatic hydroxyl groups is 1. The third-order valence-corrected chi connectivity index (χ3v) is 5.59. The van der Waals surface area contributed by atoms with Gasteiger partial charge in [-0.2, -0.15) is 9.61 Å². The third kappa shape index (κ3) is 2.11. The van der Waals surface area contributed by atoms with Crippen LogP contribution in [0.1, 0.15) is 24.6 Å². The van der Waals surface area contributed by atoms with Gasteiger partial charge in [-0.1, -0.05) is 11.3 Å². The third-order valence-electron chi connectivity index (χ3n) is 3.22. The van der Waals surface area contributed by atoms with Crippen LogP contribution in [0, 0.1) is 7.14 Å². The fourth-order valence-electron chi connectivity index (χ4n) is 2.07. The predicted molar refractivity (Wildman–Crippen MR) is 93.2 cm³/mol. The molecule has 2 heterocycles. The highest BCUT2D eigenvalue weighted by atomic mass is 127. The van der Waals surface area contributed by atoms with E-state index in [-0.39, 0.29) is 5.75 Å². The minimum Gasteiger partial charge on any atom is -0.506 e. The van der Waals surface area contributed by atoms with Crippen molar-refractivity contribution in [2.45, 2.75) is 18.8 Å². The Morgan fingerprint density at radius 3 is 2.80 bits per heavy atom. The molecule has 1 fully saturated rings. The van der Waals surface area contributed by atoms with Gasteiger partial charge in [-0.3, -0.25) is 0 Å². The number of fused-ring (bicyclic) bond motifs is 1. The van der Waals surface area contributed by atoms with Crippen molar-refractivity contribution in [3.63, 3.8) is 0 Å². The van der Waals surface area contributed by atoms with Crippen LogP contribution in [0.2, 0.25) is 0 Å². The van der Waals surface area contributed by atoms with Gasteiger partial charge in [-0.05, 0) is 70.2 Å². The highest BCUT2D eigenvalue weighted by molar-refractivity contribution is 14.1. The Morgan fingerprint density at radius 1 is 1.25 bits per heavy atom. The van der Waals surface area contributed by atoms with Crippen LogP contribution in [0.15, 0.2) is 12.1 Å². The standard InChI is InChI=1S/C12H8I2N4OS/c13-6-3-7(9(19)8(14)4-6)11-17-18-10(5-1-2-5)15-16-12(18)20-11/h3-5,19H,1-2H2. The molecule has 0 amide bonds. The van der Waals surface area contributed by atoms with Gasteiger partial charge in [0.1, 0.15) is 5.75 Å². The maximum Gasteiger partial charge on any atom is 0.234 e. The lowest BCUT2D eigenvalue weighted by Gasteiger charge is -2.04. The number of hydrogen-bond donors (Lipinski definition) is 1. The Balaban J connectivity index is 1.90. The first-order chi connectivity index (χ1) is 9.63. The number of phenolic OH excluding ortho intramolecular Hbond substituents is 1. The van der Waals surface area contributed by atoms with Crippen LogP contribution in [0.5, 0.6) is 5.75 Å². The van der Waals surface area contributed by atoms with E-state index in [1.807, 2.05) is 16.6 Å². The van der Waals surface area contributed by atoms with Crippen LogP contribution < -0.4 is 0 Å². The lowest BCUT2D eigenvalue weighted by molar-refractivity contribution is 0.473. The average molecular weight is 510 g/mol. The Hall–Kier alpha value is -0.490. The zero-order valence-electron chi connectivity index (χ0n) is 10.0. The topological polar surface area (TPSA) is 63.3 Å². The van der Waals surface area contributed by atoms with Crippen molar-refractivity contribution in [1.82, 2.24) is 19.8 Å². The Morgan fingerprint density at radius 2 is 2.05 bits per heavy atom. The van der Waals surface area contributed by atoms with E-state index < -0.39 is 0 Å². The summed E-state index contributed by atoms with van der Waals surface area (Å²) in [4.78, 5) is 0.787. The molecule has 102 valence electrons. The van der Waals surface area contributed by atoms with E-state index >= 15 is 0 Å². The summed E-state index contributed by atoms with van der Waals surface area (Å²) in [6.07, 6.45) is 2.33. The van der Waals surface area contributed by atoms with E-state index in [1.165, 1.54) is 24.2 Å². The molecule has 1 N–H and O–H groups in total. The molecule has 1 saturated carbocycles. The average Bonchev–Trinajstić information content (AvgIpc) is 3.03. The lowest BCUT2D eigenvalue weighted by Crippen LogP contribution is -1.93. The Kier molecular flexibility index (Phi) is 3.14. The van der Waals surface area contributed by atoms with Gasteiger partial charge in [-0.15, -0.1) is 10.2 Å².